The number of anilines is 3. The molecule has 4 N–H and O–H groups in total. The Morgan fingerprint density at radius 3 is 2.23 bits per heavy atom. The number of benzene rings is 2. The van der Waals surface area contributed by atoms with Crippen LogP contribution in [0.1, 0.15) is 31.0 Å². The normalized spacial score (nSPS) is 12.6. The molecule has 3 aromatic carbocycles. The average molecular weight is 464 g/mol. The molecule has 0 fully saturated rings. The molecule has 0 aromatic heterocycles. The number of phenolic OH excluding ortho intramolecular Hbond substituents is 1. The zero-order valence-electron chi connectivity index (χ0n) is 17.1. The molecule has 0 radical (unpaired) electrons. The van der Waals surface area contributed by atoms with E-state index in [9.17, 15) is 23.1 Å². The van der Waals surface area contributed by atoms with Gasteiger partial charge in [0.25, 0.3) is 10.9 Å². The molecule has 0 saturated carbocycles. The molecule has 0 aliphatic heterocycles. The lowest BCUT2D eigenvalue weighted by atomic mass is 10.0. The average Bonchev–Trinajstić information content (AvgIpc) is 2.76. The van der Waals surface area contributed by atoms with E-state index in [1.54, 1.807) is 0 Å². The first-order chi connectivity index (χ1) is 14.6. The predicted octanol–water partition coefficient (Wildman–Crippen LogP) is 3.03. The number of sulfonamides is 1. The molecule has 3 aromatic rings. The number of phenols is 1. The van der Waals surface area contributed by atoms with E-state index >= 15 is 0 Å². The highest BCUT2D eigenvalue weighted by molar-refractivity contribution is 7.89. The monoisotopic (exact) mass is 463 g/mol. The van der Waals surface area contributed by atoms with Crippen molar-refractivity contribution in [1.29, 1.82) is 0 Å². The molecule has 0 spiro atoms. The van der Waals surface area contributed by atoms with Crippen LogP contribution >= 0.6 is 11.6 Å². The van der Waals surface area contributed by atoms with Crippen molar-refractivity contribution in [2.24, 2.45) is 0 Å². The Morgan fingerprint density at radius 2 is 1.65 bits per heavy atom. The van der Waals surface area contributed by atoms with Crippen LogP contribution in [-0.2, 0) is 16.4 Å². The summed E-state index contributed by atoms with van der Waals surface area (Å²) in [6.45, 7) is 3.90. The first-order valence-electron chi connectivity index (χ1n) is 9.51. The highest BCUT2D eigenvalue weighted by atomic mass is 35.5. The number of hydrogen-bond acceptors (Lipinski definition) is 7. The molecule has 10 heteroatoms. The smallest absolute Gasteiger partial charge is 0.253 e. The summed E-state index contributed by atoms with van der Waals surface area (Å²) >= 11 is 5.94. The molecule has 0 saturated heterocycles. The first kappa shape index (κ1) is 22.8. The minimum Gasteiger partial charge on any atom is -0.504 e. The number of aryl methyl sites for hydroxylation is 1. The fraction of sp³-hybridized carbons (Fsp3) is 0.238. The summed E-state index contributed by atoms with van der Waals surface area (Å²) in [5.41, 5.74) is 0.551. The molecule has 8 nitrogen and oxygen atoms in total. The van der Waals surface area contributed by atoms with E-state index in [1.165, 1.54) is 24.7 Å². The van der Waals surface area contributed by atoms with Gasteiger partial charge in [-0.25, -0.2) is 13.1 Å². The molecule has 1 atom stereocenters. The standard InChI is InChI=1S/C21H22ClN3O5S/c1-4-12-5-7-13(8-6-12)11(2)24-16-17(20(28)19(16)27)25-15-10-9-14(22)21(18(15)26)31(29,30)23-3/h5-11,23-26H,4H2,1-3H3/t11-/m0/s1. The van der Waals surface area contributed by atoms with Crippen LogP contribution < -0.4 is 26.2 Å². The molecular weight excluding hydrogens is 442 g/mol. The summed E-state index contributed by atoms with van der Waals surface area (Å²) in [6, 6.07) is 10.2. The van der Waals surface area contributed by atoms with E-state index in [-0.39, 0.29) is 28.1 Å². The van der Waals surface area contributed by atoms with Crippen molar-refractivity contribution in [3.63, 3.8) is 0 Å². The molecule has 0 aliphatic rings. The Kier molecular flexibility index (Phi) is 6.40. The molecule has 0 aliphatic carbocycles. The Balaban J connectivity index is 1.91. The van der Waals surface area contributed by atoms with Crippen molar-refractivity contribution >= 4 is 38.7 Å². The van der Waals surface area contributed by atoms with Crippen LogP contribution in [0.25, 0.3) is 0 Å². The van der Waals surface area contributed by atoms with Gasteiger partial charge in [0.15, 0.2) is 5.75 Å². The highest BCUT2D eigenvalue weighted by Crippen LogP contribution is 2.38. The fourth-order valence-electron chi connectivity index (χ4n) is 3.13. The minimum absolute atomic E-state index is 0.0597. The summed E-state index contributed by atoms with van der Waals surface area (Å²) in [5.74, 6) is -0.663. The van der Waals surface area contributed by atoms with Crippen molar-refractivity contribution in [3.8, 4) is 5.75 Å². The van der Waals surface area contributed by atoms with Gasteiger partial charge in [-0.2, -0.15) is 0 Å². The van der Waals surface area contributed by atoms with Gasteiger partial charge in [-0.1, -0.05) is 42.8 Å². The van der Waals surface area contributed by atoms with Gasteiger partial charge in [0.1, 0.15) is 16.3 Å². The van der Waals surface area contributed by atoms with E-state index in [2.05, 4.69) is 22.3 Å². The molecule has 0 heterocycles. The van der Waals surface area contributed by atoms with Crippen LogP contribution in [0.15, 0.2) is 50.9 Å². The Morgan fingerprint density at radius 1 is 1.03 bits per heavy atom. The maximum absolute atomic E-state index is 12.2. The lowest BCUT2D eigenvalue weighted by molar-refractivity contribution is 0.461. The third-order valence-corrected chi connectivity index (χ3v) is 6.95. The molecule has 31 heavy (non-hydrogen) atoms. The van der Waals surface area contributed by atoms with Crippen molar-refractivity contribution in [3.05, 3.63) is 73.0 Å². The zero-order chi connectivity index (χ0) is 22.9. The van der Waals surface area contributed by atoms with Gasteiger partial charge in [-0.05, 0) is 43.7 Å². The van der Waals surface area contributed by atoms with Crippen LogP contribution in [0.4, 0.5) is 17.1 Å². The second kappa shape index (κ2) is 8.70. The summed E-state index contributed by atoms with van der Waals surface area (Å²) in [7, 11) is -2.88. The van der Waals surface area contributed by atoms with E-state index in [4.69, 9.17) is 11.6 Å². The Hall–Kier alpha value is -2.88. The van der Waals surface area contributed by atoms with Crippen molar-refractivity contribution in [2.75, 3.05) is 17.7 Å². The molecule has 164 valence electrons. The lowest BCUT2D eigenvalue weighted by Gasteiger charge is -2.21. The fourth-order valence-corrected chi connectivity index (χ4v) is 4.48. The topological polar surface area (TPSA) is 125 Å². The van der Waals surface area contributed by atoms with Crippen LogP contribution in [0.5, 0.6) is 5.75 Å². The zero-order valence-corrected chi connectivity index (χ0v) is 18.7. The summed E-state index contributed by atoms with van der Waals surface area (Å²) < 4.78 is 26.4. The van der Waals surface area contributed by atoms with Crippen molar-refractivity contribution < 1.29 is 13.5 Å². The van der Waals surface area contributed by atoms with Gasteiger partial charge in [0, 0.05) is 6.04 Å². The quantitative estimate of drug-likeness (QED) is 0.299. The van der Waals surface area contributed by atoms with Crippen molar-refractivity contribution in [1.82, 2.24) is 4.72 Å². The number of halogens is 1. The van der Waals surface area contributed by atoms with E-state index in [0.29, 0.717) is 0 Å². The van der Waals surface area contributed by atoms with Gasteiger partial charge in [0.2, 0.25) is 10.0 Å². The van der Waals surface area contributed by atoms with E-state index < -0.39 is 31.5 Å². The van der Waals surface area contributed by atoms with Crippen LogP contribution in [0.3, 0.4) is 0 Å². The first-order valence-corrected chi connectivity index (χ1v) is 11.4. The van der Waals surface area contributed by atoms with E-state index in [0.717, 1.165) is 12.0 Å². The van der Waals surface area contributed by atoms with Gasteiger partial charge < -0.3 is 15.7 Å². The van der Waals surface area contributed by atoms with Crippen LogP contribution in [0.2, 0.25) is 5.02 Å². The van der Waals surface area contributed by atoms with Gasteiger partial charge in [-0.3, -0.25) is 9.59 Å². The van der Waals surface area contributed by atoms with Gasteiger partial charge >= 0.3 is 0 Å². The maximum Gasteiger partial charge on any atom is 0.253 e. The number of hydrogen-bond donors (Lipinski definition) is 4. The third-order valence-electron chi connectivity index (χ3n) is 5.04. The largest absolute Gasteiger partial charge is 0.504 e. The summed E-state index contributed by atoms with van der Waals surface area (Å²) in [6.07, 6.45) is 0.907. The number of rotatable bonds is 8. The maximum atomic E-state index is 12.2. The SMILES string of the molecule is CCc1ccc([C@H](C)Nc2c(Nc3ccc(Cl)c(S(=O)(=O)NC)c3O)c(=O)c2=O)cc1. The van der Waals surface area contributed by atoms with Crippen molar-refractivity contribution in [2.45, 2.75) is 31.2 Å². The minimum atomic E-state index is -4.06. The highest BCUT2D eigenvalue weighted by Gasteiger charge is 2.27. The second-order valence-electron chi connectivity index (χ2n) is 6.97. The molecule has 0 bridgehead atoms. The van der Waals surface area contributed by atoms with E-state index in [1.807, 2.05) is 31.2 Å². The predicted molar refractivity (Wildman–Crippen MR) is 122 cm³/mol. The number of nitrogens with one attached hydrogen (secondary N) is 3. The second-order valence-corrected chi connectivity index (χ2v) is 9.21. The van der Waals surface area contributed by atoms with Crippen LogP contribution in [-0.4, -0.2) is 20.6 Å². The van der Waals surface area contributed by atoms with Crippen LogP contribution in [0, 0.1) is 0 Å². The molecule has 3 rings (SSSR count). The Labute approximate surface area is 184 Å². The third kappa shape index (κ3) is 4.30. The number of aromatic hydroxyl groups is 1. The van der Waals surface area contributed by atoms with Gasteiger partial charge in [-0.15, -0.1) is 0 Å². The van der Waals surface area contributed by atoms with Gasteiger partial charge in [0.05, 0.1) is 10.7 Å². The lowest BCUT2D eigenvalue weighted by Crippen LogP contribution is -2.37. The molecular formula is C21H22ClN3O5S. The molecule has 0 amide bonds. The summed E-state index contributed by atoms with van der Waals surface area (Å²) in [4.78, 5) is 23.8. The molecule has 0 unspecified atom stereocenters. The summed E-state index contributed by atoms with van der Waals surface area (Å²) in [5, 5.41) is 15.9. The Bertz CT molecular complexity index is 1300.